The van der Waals surface area contributed by atoms with Gasteiger partial charge in [0, 0.05) is 11.3 Å². The number of sulfonamides is 1. The maximum absolute atomic E-state index is 12.7. The summed E-state index contributed by atoms with van der Waals surface area (Å²) in [5.41, 5.74) is 2.97. The van der Waals surface area contributed by atoms with E-state index in [-0.39, 0.29) is 16.8 Å². The maximum Gasteiger partial charge on any atom is 0.261 e. The molecule has 0 saturated carbocycles. The number of carbonyl (C=O) groups excluding carboxylic acids is 1. The molecule has 3 aromatic rings. The number of nitrogens with one attached hydrogen (secondary N) is 2. The first-order chi connectivity index (χ1) is 13.9. The highest BCUT2D eigenvalue weighted by Crippen LogP contribution is 2.19. The Morgan fingerprint density at radius 1 is 0.931 bits per heavy atom. The van der Waals surface area contributed by atoms with Gasteiger partial charge in [-0.15, -0.1) is 0 Å². The zero-order valence-electron chi connectivity index (χ0n) is 16.4. The largest absolute Gasteiger partial charge is 0.346 e. The topological polar surface area (TPSA) is 75.3 Å². The van der Waals surface area contributed by atoms with E-state index in [0.29, 0.717) is 11.3 Å². The van der Waals surface area contributed by atoms with Crippen molar-refractivity contribution in [2.24, 2.45) is 0 Å². The van der Waals surface area contributed by atoms with Gasteiger partial charge in [-0.05, 0) is 54.8 Å². The third-order valence-electron chi connectivity index (χ3n) is 4.67. The van der Waals surface area contributed by atoms with Crippen molar-refractivity contribution in [3.05, 3.63) is 95.6 Å². The minimum atomic E-state index is -3.71. The molecule has 0 aliphatic carbocycles. The van der Waals surface area contributed by atoms with Crippen molar-refractivity contribution in [2.45, 2.75) is 31.2 Å². The highest BCUT2D eigenvalue weighted by molar-refractivity contribution is 7.92. The summed E-state index contributed by atoms with van der Waals surface area (Å²) in [5, 5.41) is 2.96. The summed E-state index contributed by atoms with van der Waals surface area (Å²) in [6, 6.07) is 22.5. The summed E-state index contributed by atoms with van der Waals surface area (Å²) in [6.07, 6.45) is 0.965. The van der Waals surface area contributed by atoms with Crippen molar-refractivity contribution in [1.29, 1.82) is 0 Å². The molecule has 0 heterocycles. The first kappa shape index (κ1) is 20.6. The number of benzene rings is 3. The fraction of sp³-hybridized carbons (Fsp3) is 0.174. The Balaban J connectivity index is 1.72. The van der Waals surface area contributed by atoms with Crippen molar-refractivity contribution < 1.29 is 13.2 Å². The Morgan fingerprint density at radius 3 is 2.28 bits per heavy atom. The molecule has 6 heteroatoms. The average Bonchev–Trinajstić information content (AvgIpc) is 2.74. The molecule has 3 aromatic carbocycles. The quantitative estimate of drug-likeness (QED) is 0.603. The lowest BCUT2D eigenvalue weighted by Gasteiger charge is -2.15. The van der Waals surface area contributed by atoms with Crippen LogP contribution in [0.4, 0.5) is 5.69 Å². The van der Waals surface area contributed by atoms with Crippen LogP contribution >= 0.6 is 0 Å². The van der Waals surface area contributed by atoms with Gasteiger partial charge in [-0.2, -0.15) is 0 Å². The lowest BCUT2D eigenvalue weighted by molar-refractivity contribution is 0.0940. The molecule has 0 fully saturated rings. The first-order valence-electron chi connectivity index (χ1n) is 9.46. The number of aryl methyl sites for hydroxylation is 1. The second-order valence-corrected chi connectivity index (χ2v) is 8.47. The van der Waals surface area contributed by atoms with Crippen LogP contribution in [0.3, 0.4) is 0 Å². The monoisotopic (exact) mass is 408 g/mol. The second kappa shape index (κ2) is 8.92. The van der Waals surface area contributed by atoms with Crippen LogP contribution in [0.1, 0.15) is 41.4 Å². The van der Waals surface area contributed by atoms with Crippen LogP contribution in [0.25, 0.3) is 0 Å². The predicted octanol–water partition coefficient (Wildman–Crippen LogP) is 4.54. The Morgan fingerprint density at radius 2 is 1.62 bits per heavy atom. The summed E-state index contributed by atoms with van der Waals surface area (Å²) in [7, 11) is -3.71. The predicted molar refractivity (Wildman–Crippen MR) is 115 cm³/mol. The number of carbonyl (C=O) groups is 1. The fourth-order valence-corrected chi connectivity index (χ4v) is 4.01. The van der Waals surface area contributed by atoms with E-state index < -0.39 is 10.0 Å². The van der Waals surface area contributed by atoms with Crippen LogP contribution in [0.5, 0.6) is 0 Å². The van der Waals surface area contributed by atoms with Gasteiger partial charge in [0.25, 0.3) is 15.9 Å². The van der Waals surface area contributed by atoms with Gasteiger partial charge in [-0.25, -0.2) is 8.42 Å². The molecule has 0 radical (unpaired) electrons. The summed E-state index contributed by atoms with van der Waals surface area (Å²) in [4.78, 5) is 12.8. The van der Waals surface area contributed by atoms with Gasteiger partial charge in [0.05, 0.1) is 10.9 Å². The SMILES string of the molecule is CCc1ccc([C@H](C)NC(=O)c2cccc(NS(=O)(=O)c3ccccc3)c2)cc1. The van der Waals surface area contributed by atoms with Crippen LogP contribution in [0.2, 0.25) is 0 Å². The summed E-state index contributed by atoms with van der Waals surface area (Å²) in [5.74, 6) is -0.266. The Hall–Kier alpha value is -3.12. The van der Waals surface area contributed by atoms with Gasteiger partial charge in [-0.1, -0.05) is 55.5 Å². The third-order valence-corrected chi connectivity index (χ3v) is 6.06. The van der Waals surface area contributed by atoms with E-state index in [4.69, 9.17) is 0 Å². The molecule has 0 spiro atoms. The molecule has 0 unspecified atom stereocenters. The average molecular weight is 409 g/mol. The van der Waals surface area contributed by atoms with E-state index in [0.717, 1.165) is 12.0 Å². The minimum Gasteiger partial charge on any atom is -0.346 e. The minimum absolute atomic E-state index is 0.166. The number of rotatable bonds is 7. The van der Waals surface area contributed by atoms with Crippen molar-refractivity contribution >= 4 is 21.6 Å². The molecule has 5 nitrogen and oxygen atoms in total. The maximum atomic E-state index is 12.7. The second-order valence-electron chi connectivity index (χ2n) is 6.79. The van der Waals surface area contributed by atoms with Crippen molar-refractivity contribution in [2.75, 3.05) is 4.72 Å². The van der Waals surface area contributed by atoms with Crippen LogP contribution in [0, 0.1) is 0 Å². The lowest BCUT2D eigenvalue weighted by Crippen LogP contribution is -2.26. The summed E-state index contributed by atoms with van der Waals surface area (Å²) >= 11 is 0. The highest BCUT2D eigenvalue weighted by Gasteiger charge is 2.16. The van der Waals surface area contributed by atoms with Crippen LogP contribution in [-0.2, 0) is 16.4 Å². The van der Waals surface area contributed by atoms with Crippen molar-refractivity contribution in [3.63, 3.8) is 0 Å². The first-order valence-corrected chi connectivity index (χ1v) is 10.9. The molecular weight excluding hydrogens is 384 g/mol. The Kier molecular flexibility index (Phi) is 6.34. The Labute approximate surface area is 171 Å². The van der Waals surface area contributed by atoms with Crippen LogP contribution in [-0.4, -0.2) is 14.3 Å². The smallest absolute Gasteiger partial charge is 0.261 e. The van der Waals surface area contributed by atoms with Gasteiger partial charge in [-0.3, -0.25) is 9.52 Å². The molecule has 1 atom stereocenters. The molecule has 1 amide bonds. The van der Waals surface area contributed by atoms with Crippen molar-refractivity contribution in [3.8, 4) is 0 Å². The molecule has 150 valence electrons. The molecule has 0 aliphatic heterocycles. The lowest BCUT2D eigenvalue weighted by atomic mass is 10.0. The van der Waals surface area contributed by atoms with E-state index in [9.17, 15) is 13.2 Å². The highest BCUT2D eigenvalue weighted by atomic mass is 32.2. The molecule has 0 aromatic heterocycles. The third kappa shape index (κ3) is 5.23. The molecule has 3 rings (SSSR count). The molecule has 2 N–H and O–H groups in total. The summed E-state index contributed by atoms with van der Waals surface area (Å²) in [6.45, 7) is 4.01. The Bertz CT molecular complexity index is 1080. The van der Waals surface area contributed by atoms with Gasteiger partial charge in [0.1, 0.15) is 0 Å². The van der Waals surface area contributed by atoms with Gasteiger partial charge in [0.15, 0.2) is 0 Å². The number of anilines is 1. The van der Waals surface area contributed by atoms with E-state index in [1.54, 1.807) is 36.4 Å². The van der Waals surface area contributed by atoms with E-state index in [2.05, 4.69) is 29.1 Å². The normalized spacial score (nSPS) is 12.2. The van der Waals surface area contributed by atoms with Crippen molar-refractivity contribution in [1.82, 2.24) is 5.32 Å². The zero-order chi connectivity index (χ0) is 20.9. The van der Waals surface area contributed by atoms with Gasteiger partial charge < -0.3 is 5.32 Å². The number of amides is 1. The van der Waals surface area contributed by atoms with E-state index in [1.807, 2.05) is 19.1 Å². The number of hydrogen-bond acceptors (Lipinski definition) is 3. The van der Waals surface area contributed by atoms with E-state index in [1.165, 1.54) is 23.8 Å². The molecule has 0 bridgehead atoms. The van der Waals surface area contributed by atoms with Crippen LogP contribution in [0.15, 0.2) is 83.8 Å². The standard InChI is InChI=1S/C23H24N2O3S/c1-3-18-12-14-19(15-13-18)17(2)24-23(26)20-8-7-9-21(16-20)25-29(27,28)22-10-5-4-6-11-22/h4-17,25H,3H2,1-2H3,(H,24,26)/t17-/m0/s1. The zero-order valence-corrected chi connectivity index (χ0v) is 17.2. The van der Waals surface area contributed by atoms with Gasteiger partial charge >= 0.3 is 0 Å². The molecule has 29 heavy (non-hydrogen) atoms. The molecular formula is C23H24N2O3S. The molecule has 0 saturated heterocycles. The van der Waals surface area contributed by atoms with Crippen LogP contribution < -0.4 is 10.0 Å². The summed E-state index contributed by atoms with van der Waals surface area (Å²) < 4.78 is 27.5. The van der Waals surface area contributed by atoms with Gasteiger partial charge in [0.2, 0.25) is 0 Å². The molecule has 0 aliphatic rings. The fourth-order valence-electron chi connectivity index (χ4n) is 2.94. The number of hydrogen-bond donors (Lipinski definition) is 2. The van der Waals surface area contributed by atoms with E-state index >= 15 is 0 Å².